The molecule has 2 spiro atoms. The van der Waals surface area contributed by atoms with E-state index in [0.717, 1.165) is 65.8 Å². The number of hydrogen-bond donors (Lipinski definition) is 2. The molecule has 0 radical (unpaired) electrons. The Kier molecular flexibility index (Phi) is 14.8. The molecule has 58 heavy (non-hydrogen) atoms. The zero-order valence-electron chi connectivity index (χ0n) is 34.1. The van der Waals surface area contributed by atoms with E-state index in [9.17, 15) is 14.4 Å². The molecule has 2 saturated heterocycles. The van der Waals surface area contributed by atoms with E-state index in [1.807, 2.05) is 68.1 Å². The smallest absolute Gasteiger partial charge is 0.407 e. The molecule has 2 saturated carbocycles. The van der Waals surface area contributed by atoms with Gasteiger partial charge in [0.1, 0.15) is 29.9 Å². The van der Waals surface area contributed by atoms with Crippen molar-refractivity contribution < 1.29 is 23.5 Å². The molecule has 2 aromatic heterocycles. The molecule has 8 rings (SSSR count). The quantitative estimate of drug-likeness (QED) is 0.173. The summed E-state index contributed by atoms with van der Waals surface area (Å²) >= 11 is 0. The molecule has 2 aromatic carbocycles. The van der Waals surface area contributed by atoms with Crippen molar-refractivity contribution in [1.82, 2.24) is 30.1 Å². The number of aromatic amines is 1. The maximum atomic E-state index is 13.8. The molecule has 15 heteroatoms. The lowest BCUT2D eigenvalue weighted by molar-refractivity contribution is -0.137. The minimum absolute atomic E-state index is 0. The van der Waals surface area contributed by atoms with Crippen LogP contribution in [0.2, 0.25) is 0 Å². The van der Waals surface area contributed by atoms with Crippen molar-refractivity contribution in [2.24, 2.45) is 28.6 Å². The number of amides is 3. The molecular formula is C43H58N6O5S4. The molecule has 2 N–H and O–H groups in total. The highest BCUT2D eigenvalue weighted by atomic mass is 32.1. The molecule has 2 aliphatic heterocycles. The molecule has 2 aliphatic carbocycles. The summed E-state index contributed by atoms with van der Waals surface area (Å²) in [5.41, 5.74) is 5.47. The highest BCUT2D eigenvalue weighted by molar-refractivity contribution is 7.59. The standard InChI is InChI=1S/C43H50N6O5.4H2S/c1-25(2)27(5)39(50)48-23-42(15-16-42)20-34(48)37-44-31-14-11-29(19-32(31)45-37)8-7-28-9-12-30(13-10-28)33-22-54-38(46-33)35-21-43(17-18-43)24-49(35)40(51)36(26(3)4)47-41(52)53-6;;;;/h9-14,19,22,25-27,34-36H,15-18,20-21,23-24H2,1-6H3,(H,44,45)(H,47,52);4*1H2/t27-,34-,35-,36-;;;;/m0..../s1. The summed E-state index contributed by atoms with van der Waals surface area (Å²) in [7, 11) is 1.30. The Morgan fingerprint density at radius 1 is 0.810 bits per heavy atom. The van der Waals surface area contributed by atoms with E-state index in [4.69, 9.17) is 19.1 Å². The van der Waals surface area contributed by atoms with Crippen molar-refractivity contribution in [3.63, 3.8) is 0 Å². The molecule has 11 nitrogen and oxygen atoms in total. The number of nitrogens with zero attached hydrogens (tertiary/aromatic N) is 4. The number of ether oxygens (including phenoxy) is 1. The van der Waals surface area contributed by atoms with Crippen LogP contribution in [0.4, 0.5) is 4.79 Å². The molecular weight excluding hydrogens is 809 g/mol. The predicted molar refractivity (Wildman–Crippen MR) is 245 cm³/mol. The van der Waals surface area contributed by atoms with Gasteiger partial charge in [-0.05, 0) is 91.5 Å². The van der Waals surface area contributed by atoms with Crippen molar-refractivity contribution in [2.45, 2.75) is 91.3 Å². The van der Waals surface area contributed by atoms with Gasteiger partial charge in [-0.1, -0.05) is 58.6 Å². The monoisotopic (exact) mass is 866 g/mol. The van der Waals surface area contributed by atoms with Crippen molar-refractivity contribution in [2.75, 3.05) is 20.2 Å². The summed E-state index contributed by atoms with van der Waals surface area (Å²) in [5.74, 6) is 8.20. The number of imidazole rings is 1. The van der Waals surface area contributed by atoms with Crippen LogP contribution in [0.1, 0.15) is 108 Å². The topological polar surface area (TPSA) is 134 Å². The summed E-state index contributed by atoms with van der Waals surface area (Å²) in [4.78, 5) is 56.6. The van der Waals surface area contributed by atoms with E-state index in [-0.39, 0.29) is 101 Å². The first-order valence-electron chi connectivity index (χ1n) is 19.4. The van der Waals surface area contributed by atoms with E-state index in [2.05, 4.69) is 40.9 Å². The summed E-state index contributed by atoms with van der Waals surface area (Å²) in [6.45, 7) is 11.5. The number of alkyl carbamates (subject to hydrolysis) is 1. The first-order chi connectivity index (χ1) is 25.9. The third-order valence-electron chi connectivity index (χ3n) is 12.4. The van der Waals surface area contributed by atoms with Gasteiger partial charge in [0.25, 0.3) is 0 Å². The van der Waals surface area contributed by atoms with Crippen LogP contribution >= 0.6 is 54.0 Å². The fraction of sp³-hybridized carbons (Fsp3) is 0.512. The normalized spacial score (nSPS) is 20.3. The van der Waals surface area contributed by atoms with Crippen LogP contribution in [0.5, 0.6) is 0 Å². The van der Waals surface area contributed by atoms with Crippen molar-refractivity contribution >= 4 is 82.9 Å². The van der Waals surface area contributed by atoms with Gasteiger partial charge in [-0.25, -0.2) is 14.8 Å². The van der Waals surface area contributed by atoms with Crippen LogP contribution in [0.15, 0.2) is 53.1 Å². The second-order valence-electron chi connectivity index (χ2n) is 17.0. The average Bonchev–Trinajstić information content (AvgIpc) is 3.78. The first-order valence-corrected chi connectivity index (χ1v) is 19.4. The summed E-state index contributed by atoms with van der Waals surface area (Å²) in [5, 5.41) is 2.72. The number of H-pyrrole nitrogens is 1. The predicted octanol–water partition coefficient (Wildman–Crippen LogP) is 7.85. The second kappa shape index (κ2) is 18.3. The summed E-state index contributed by atoms with van der Waals surface area (Å²) in [6.07, 6.45) is 7.28. The highest BCUT2D eigenvalue weighted by Gasteiger charge is 2.56. The van der Waals surface area contributed by atoms with Crippen LogP contribution in [0, 0.1) is 40.4 Å². The van der Waals surface area contributed by atoms with Gasteiger partial charge in [0, 0.05) is 35.7 Å². The van der Waals surface area contributed by atoms with Crippen LogP contribution in [-0.4, -0.2) is 68.9 Å². The van der Waals surface area contributed by atoms with Gasteiger partial charge >= 0.3 is 6.09 Å². The lowest BCUT2D eigenvalue weighted by atomic mass is 9.96. The van der Waals surface area contributed by atoms with E-state index in [0.29, 0.717) is 24.0 Å². The largest absolute Gasteiger partial charge is 0.453 e. The lowest BCUT2D eigenvalue weighted by Gasteiger charge is -2.29. The zero-order valence-corrected chi connectivity index (χ0v) is 38.1. The first kappa shape index (κ1) is 47.0. The Bertz CT molecular complexity index is 2170. The SMILES string of the molecule is COC(=O)N[C@H](C(=O)N1CC2(CC2)C[C@H]1c1nc(-c2ccc(C#Cc3ccc4nc([C@@H]5CC6(CC6)CN5C(=O)[C@@H](C)C(C)C)[nH]c4c3)cc2)co1)C(C)C.S.S.S.S. The number of hydrogen-bond acceptors (Lipinski definition) is 7. The Morgan fingerprint density at radius 3 is 1.98 bits per heavy atom. The third-order valence-corrected chi connectivity index (χ3v) is 12.4. The number of carbonyl (C=O) groups excluding carboxylic acids is 3. The van der Waals surface area contributed by atoms with Gasteiger partial charge in [-0.2, -0.15) is 54.0 Å². The minimum atomic E-state index is -0.705. The van der Waals surface area contributed by atoms with Crippen LogP contribution in [0.3, 0.4) is 0 Å². The van der Waals surface area contributed by atoms with Crippen molar-refractivity contribution in [3.8, 4) is 23.1 Å². The molecule has 4 fully saturated rings. The van der Waals surface area contributed by atoms with Gasteiger partial charge in [-0.3, -0.25) is 9.59 Å². The van der Waals surface area contributed by atoms with Crippen molar-refractivity contribution in [1.29, 1.82) is 0 Å². The summed E-state index contributed by atoms with van der Waals surface area (Å²) in [6, 6.07) is 12.9. The van der Waals surface area contributed by atoms with E-state index >= 15 is 0 Å². The van der Waals surface area contributed by atoms with Crippen LogP contribution in [-0.2, 0) is 14.3 Å². The molecule has 314 valence electrons. The fourth-order valence-electron chi connectivity index (χ4n) is 8.25. The molecule has 0 bridgehead atoms. The number of benzene rings is 2. The Labute approximate surface area is 369 Å². The van der Waals surface area contributed by atoms with Crippen molar-refractivity contribution in [3.05, 3.63) is 71.6 Å². The maximum absolute atomic E-state index is 13.8. The molecule has 4 heterocycles. The number of methoxy groups -OCH3 is 1. The molecule has 4 aliphatic rings. The molecule has 4 aromatic rings. The van der Waals surface area contributed by atoms with Gasteiger partial charge in [0.2, 0.25) is 17.7 Å². The third kappa shape index (κ3) is 9.35. The number of nitrogens with one attached hydrogen (secondary N) is 2. The number of carbonyl (C=O) groups is 3. The zero-order chi connectivity index (χ0) is 37.9. The highest BCUT2D eigenvalue weighted by Crippen LogP contribution is 2.59. The van der Waals surface area contributed by atoms with Crippen LogP contribution < -0.4 is 5.32 Å². The van der Waals surface area contributed by atoms with E-state index in [1.165, 1.54) is 20.0 Å². The molecule has 3 amide bonds. The average molecular weight is 867 g/mol. The second-order valence-corrected chi connectivity index (χ2v) is 17.0. The van der Waals surface area contributed by atoms with E-state index < -0.39 is 12.1 Å². The Morgan fingerprint density at radius 2 is 1.40 bits per heavy atom. The van der Waals surface area contributed by atoms with Gasteiger partial charge in [0.05, 0.1) is 24.2 Å². The summed E-state index contributed by atoms with van der Waals surface area (Å²) < 4.78 is 10.8. The maximum Gasteiger partial charge on any atom is 0.407 e. The van der Waals surface area contributed by atoms with E-state index in [1.54, 1.807) is 6.26 Å². The number of rotatable bonds is 8. The number of oxazole rings is 1. The Hall–Kier alpha value is -3.71. The van der Waals surface area contributed by atoms with Gasteiger partial charge in [-0.15, -0.1) is 0 Å². The van der Waals surface area contributed by atoms with Gasteiger partial charge < -0.3 is 29.3 Å². The number of fused-ring (bicyclic) bond motifs is 1. The van der Waals surface area contributed by atoms with Gasteiger partial charge in [0.15, 0.2) is 0 Å². The van der Waals surface area contributed by atoms with Crippen LogP contribution in [0.25, 0.3) is 22.3 Å². The number of aromatic nitrogens is 3. The number of likely N-dealkylation sites (tertiary alicyclic amines) is 2. The lowest BCUT2D eigenvalue weighted by Crippen LogP contribution is -2.51. The Balaban J connectivity index is 0.00000186. The minimum Gasteiger partial charge on any atom is -0.453 e. The fourth-order valence-corrected chi connectivity index (χ4v) is 8.25. The molecule has 4 atom stereocenters. The molecule has 0 unspecified atom stereocenters.